The molecule has 1 aromatic carbocycles. The molecule has 0 radical (unpaired) electrons. The molecule has 86 valence electrons. The van der Waals surface area contributed by atoms with E-state index in [9.17, 15) is 4.79 Å². The fourth-order valence-corrected chi connectivity index (χ4v) is 1.37. The van der Waals surface area contributed by atoms with Gasteiger partial charge in [-0.05, 0) is 25.3 Å². The molecule has 0 unspecified atom stereocenters. The Balaban J connectivity index is 2.16. The zero-order valence-electron chi connectivity index (χ0n) is 9.69. The Morgan fingerprint density at radius 3 is 2.75 bits per heavy atom. The van der Waals surface area contributed by atoms with Crippen molar-refractivity contribution in [2.24, 2.45) is 0 Å². The molecule has 1 aromatic rings. The average molecular weight is 218 g/mol. The minimum absolute atomic E-state index is 0.147. The predicted molar refractivity (Wildman–Crippen MR) is 65.2 cm³/mol. The van der Waals surface area contributed by atoms with Crippen molar-refractivity contribution in [3.8, 4) is 0 Å². The molecule has 1 rings (SSSR count). The number of hydrogen-bond acceptors (Lipinski definition) is 2. The highest BCUT2D eigenvalue weighted by Crippen LogP contribution is 2.01. The monoisotopic (exact) mass is 218 g/mol. The highest BCUT2D eigenvalue weighted by molar-refractivity contribution is 5.72. The van der Waals surface area contributed by atoms with E-state index in [2.05, 4.69) is 6.08 Å². The van der Waals surface area contributed by atoms with Crippen molar-refractivity contribution in [1.82, 2.24) is 0 Å². The number of rotatable bonds is 6. The molecule has 2 heteroatoms. The molecule has 0 aliphatic heterocycles. The number of allylic oxidation sites excluding steroid dienone is 2. The van der Waals surface area contributed by atoms with Gasteiger partial charge in [-0.25, -0.2) is 0 Å². The molecule has 16 heavy (non-hydrogen) atoms. The lowest BCUT2D eigenvalue weighted by atomic mass is 10.2. The number of carbonyl (C=O) groups excluding carboxylic acids is 1. The van der Waals surface area contributed by atoms with E-state index in [1.54, 1.807) is 0 Å². The standard InChI is InChI=1S/C14H18O2/c1-2-3-4-8-11-16-14(15)12-13-9-6-5-7-10-13/h2-3,5-7,9-10H,4,8,11-12H2,1H3. The van der Waals surface area contributed by atoms with E-state index < -0.39 is 0 Å². The Morgan fingerprint density at radius 2 is 2.06 bits per heavy atom. The first-order valence-corrected chi connectivity index (χ1v) is 5.63. The summed E-state index contributed by atoms with van der Waals surface area (Å²) in [6.07, 6.45) is 6.31. The molecular weight excluding hydrogens is 200 g/mol. The first-order valence-electron chi connectivity index (χ1n) is 5.63. The molecule has 0 aromatic heterocycles. The second-order valence-electron chi connectivity index (χ2n) is 3.59. The largest absolute Gasteiger partial charge is 0.465 e. The maximum absolute atomic E-state index is 11.4. The third-order valence-corrected chi connectivity index (χ3v) is 2.21. The van der Waals surface area contributed by atoms with E-state index in [0.29, 0.717) is 13.0 Å². The molecule has 0 N–H and O–H groups in total. The minimum Gasteiger partial charge on any atom is -0.465 e. The van der Waals surface area contributed by atoms with Gasteiger partial charge in [0.25, 0.3) is 0 Å². The van der Waals surface area contributed by atoms with Crippen LogP contribution in [-0.2, 0) is 16.0 Å². The number of ether oxygens (including phenoxy) is 1. The van der Waals surface area contributed by atoms with Gasteiger partial charge in [0.05, 0.1) is 13.0 Å². The van der Waals surface area contributed by atoms with Crippen LogP contribution in [0.4, 0.5) is 0 Å². The van der Waals surface area contributed by atoms with Crippen LogP contribution in [0.25, 0.3) is 0 Å². The molecule has 0 spiro atoms. The van der Waals surface area contributed by atoms with Crippen LogP contribution in [0, 0.1) is 0 Å². The molecular formula is C14H18O2. The Morgan fingerprint density at radius 1 is 1.31 bits per heavy atom. The van der Waals surface area contributed by atoms with Crippen LogP contribution in [0.1, 0.15) is 25.3 Å². The molecule has 0 aliphatic rings. The molecule has 0 saturated heterocycles. The van der Waals surface area contributed by atoms with Crippen LogP contribution in [0.3, 0.4) is 0 Å². The van der Waals surface area contributed by atoms with Gasteiger partial charge in [-0.2, -0.15) is 0 Å². The summed E-state index contributed by atoms with van der Waals surface area (Å²) in [5.41, 5.74) is 1.00. The Bertz CT molecular complexity index is 328. The Hall–Kier alpha value is -1.57. The van der Waals surface area contributed by atoms with Crippen LogP contribution >= 0.6 is 0 Å². The summed E-state index contributed by atoms with van der Waals surface area (Å²) in [4.78, 5) is 11.4. The minimum atomic E-state index is -0.147. The highest BCUT2D eigenvalue weighted by Gasteiger charge is 2.03. The molecule has 0 amide bonds. The Labute approximate surface area is 96.9 Å². The third-order valence-electron chi connectivity index (χ3n) is 2.21. The van der Waals surface area contributed by atoms with Gasteiger partial charge in [0.2, 0.25) is 0 Å². The van der Waals surface area contributed by atoms with Crippen LogP contribution in [0.2, 0.25) is 0 Å². The zero-order valence-corrected chi connectivity index (χ0v) is 9.69. The SMILES string of the molecule is CC=CCCCOC(=O)Cc1ccccc1. The first kappa shape index (κ1) is 12.5. The smallest absolute Gasteiger partial charge is 0.310 e. The summed E-state index contributed by atoms with van der Waals surface area (Å²) < 4.78 is 5.12. The first-order chi connectivity index (χ1) is 7.83. The summed E-state index contributed by atoms with van der Waals surface area (Å²) in [6, 6.07) is 9.65. The Kier molecular flexibility index (Phi) is 6.00. The van der Waals surface area contributed by atoms with Crippen molar-refractivity contribution in [3.05, 3.63) is 48.0 Å². The molecule has 0 aliphatic carbocycles. The van der Waals surface area contributed by atoms with Crippen LogP contribution < -0.4 is 0 Å². The van der Waals surface area contributed by atoms with Gasteiger partial charge in [0.15, 0.2) is 0 Å². The fraction of sp³-hybridized carbons (Fsp3) is 0.357. The number of hydrogen-bond donors (Lipinski definition) is 0. The lowest BCUT2D eigenvalue weighted by molar-refractivity contribution is -0.142. The summed E-state index contributed by atoms with van der Waals surface area (Å²) in [7, 11) is 0. The summed E-state index contributed by atoms with van der Waals surface area (Å²) in [5, 5.41) is 0. The van der Waals surface area contributed by atoms with Gasteiger partial charge >= 0.3 is 5.97 Å². The third kappa shape index (κ3) is 5.35. The molecule has 2 nitrogen and oxygen atoms in total. The number of carbonyl (C=O) groups is 1. The van der Waals surface area contributed by atoms with Crippen LogP contribution in [0.5, 0.6) is 0 Å². The predicted octanol–water partition coefficient (Wildman–Crippen LogP) is 3.13. The average Bonchev–Trinajstić information content (AvgIpc) is 2.30. The lowest BCUT2D eigenvalue weighted by Crippen LogP contribution is -2.08. The zero-order chi connectivity index (χ0) is 11.6. The van der Waals surface area contributed by atoms with Gasteiger partial charge < -0.3 is 4.74 Å². The maximum atomic E-state index is 11.4. The second-order valence-corrected chi connectivity index (χ2v) is 3.59. The van der Waals surface area contributed by atoms with Crippen molar-refractivity contribution in [3.63, 3.8) is 0 Å². The van der Waals surface area contributed by atoms with Crippen molar-refractivity contribution >= 4 is 5.97 Å². The van der Waals surface area contributed by atoms with E-state index in [1.807, 2.05) is 43.3 Å². The molecule has 0 bridgehead atoms. The van der Waals surface area contributed by atoms with Crippen molar-refractivity contribution < 1.29 is 9.53 Å². The molecule has 0 fully saturated rings. The maximum Gasteiger partial charge on any atom is 0.310 e. The van der Waals surface area contributed by atoms with E-state index in [-0.39, 0.29) is 5.97 Å². The molecule has 0 atom stereocenters. The van der Waals surface area contributed by atoms with E-state index >= 15 is 0 Å². The van der Waals surface area contributed by atoms with E-state index in [0.717, 1.165) is 18.4 Å². The van der Waals surface area contributed by atoms with E-state index in [4.69, 9.17) is 4.74 Å². The van der Waals surface area contributed by atoms with Gasteiger partial charge in [0.1, 0.15) is 0 Å². The topological polar surface area (TPSA) is 26.3 Å². The van der Waals surface area contributed by atoms with Crippen molar-refractivity contribution in [2.75, 3.05) is 6.61 Å². The normalized spacial score (nSPS) is 10.6. The van der Waals surface area contributed by atoms with Gasteiger partial charge in [-0.3, -0.25) is 4.79 Å². The van der Waals surface area contributed by atoms with Gasteiger partial charge in [-0.15, -0.1) is 0 Å². The van der Waals surface area contributed by atoms with Crippen LogP contribution in [-0.4, -0.2) is 12.6 Å². The number of benzene rings is 1. The van der Waals surface area contributed by atoms with Crippen molar-refractivity contribution in [2.45, 2.75) is 26.2 Å². The number of unbranched alkanes of at least 4 members (excludes halogenated alkanes) is 1. The van der Waals surface area contributed by atoms with Crippen LogP contribution in [0.15, 0.2) is 42.5 Å². The summed E-state index contributed by atoms with van der Waals surface area (Å²) >= 11 is 0. The quantitative estimate of drug-likeness (QED) is 0.416. The summed E-state index contributed by atoms with van der Waals surface area (Å²) in [5.74, 6) is -0.147. The van der Waals surface area contributed by atoms with E-state index in [1.165, 1.54) is 0 Å². The van der Waals surface area contributed by atoms with Gasteiger partial charge in [0, 0.05) is 0 Å². The molecule has 0 saturated carbocycles. The second kappa shape index (κ2) is 7.69. The van der Waals surface area contributed by atoms with Crippen molar-refractivity contribution in [1.29, 1.82) is 0 Å². The van der Waals surface area contributed by atoms with Gasteiger partial charge in [-0.1, -0.05) is 42.5 Å². The molecule has 0 heterocycles. The lowest BCUT2D eigenvalue weighted by Gasteiger charge is -2.03. The fourth-order valence-electron chi connectivity index (χ4n) is 1.37. The highest BCUT2D eigenvalue weighted by atomic mass is 16.5. The number of esters is 1. The summed E-state index contributed by atoms with van der Waals surface area (Å²) in [6.45, 7) is 2.50.